The van der Waals surface area contributed by atoms with Gasteiger partial charge in [-0.15, -0.1) is 0 Å². The Morgan fingerprint density at radius 3 is 2.42 bits per heavy atom. The lowest BCUT2D eigenvalue weighted by Gasteiger charge is -2.26. The first-order chi connectivity index (χ1) is 8.58. The van der Waals surface area contributed by atoms with Crippen LogP contribution in [0, 0.1) is 0 Å². The van der Waals surface area contributed by atoms with Gasteiger partial charge in [0, 0.05) is 19.4 Å². The summed E-state index contributed by atoms with van der Waals surface area (Å²) >= 11 is 0. The highest BCUT2D eigenvalue weighted by atomic mass is 16.5. The number of carbonyl (C=O) groups is 2. The fraction of sp³-hybridized carbons (Fsp3) is 0.846. The number of ketones is 1. The standard InChI is InChI=1S/C7H14O3.C6H10O3/c1-6(9)5-7(2,10)3-4-8;1-6(8)2-3-9-5(7)4-6/h8,10H,3-5H2,1-2H3;8H,2-4H2,1H3. The minimum Gasteiger partial charge on any atom is -0.465 e. The molecule has 0 bridgehead atoms. The molecule has 19 heavy (non-hydrogen) atoms. The van der Waals surface area contributed by atoms with Crippen molar-refractivity contribution in [3.8, 4) is 0 Å². The molecule has 0 radical (unpaired) electrons. The second-order valence-corrected chi connectivity index (χ2v) is 5.49. The van der Waals surface area contributed by atoms with Gasteiger partial charge in [0.05, 0.1) is 24.2 Å². The first kappa shape index (κ1) is 18.0. The van der Waals surface area contributed by atoms with Crippen LogP contribution in [-0.2, 0) is 14.3 Å². The molecule has 0 aromatic rings. The zero-order valence-corrected chi connectivity index (χ0v) is 11.8. The molecule has 0 amide bonds. The third-order valence-corrected chi connectivity index (χ3v) is 2.71. The summed E-state index contributed by atoms with van der Waals surface area (Å²) in [6.45, 7) is 4.88. The average molecular weight is 276 g/mol. The Bertz CT molecular complexity index is 308. The predicted octanol–water partition coefficient (Wildman–Crippen LogP) is 0.173. The van der Waals surface area contributed by atoms with Crippen molar-refractivity contribution in [2.24, 2.45) is 0 Å². The molecule has 0 spiro atoms. The zero-order chi connectivity index (χ0) is 15.1. The van der Waals surface area contributed by atoms with Crippen LogP contribution >= 0.6 is 0 Å². The number of hydrogen-bond acceptors (Lipinski definition) is 6. The number of rotatable bonds is 4. The van der Waals surface area contributed by atoms with Crippen molar-refractivity contribution < 1.29 is 29.6 Å². The monoisotopic (exact) mass is 276 g/mol. The highest BCUT2D eigenvalue weighted by molar-refractivity contribution is 5.76. The molecule has 2 atom stereocenters. The van der Waals surface area contributed by atoms with Crippen LogP contribution < -0.4 is 0 Å². The van der Waals surface area contributed by atoms with E-state index in [1.165, 1.54) is 6.92 Å². The number of aliphatic hydroxyl groups excluding tert-OH is 1. The molecule has 1 fully saturated rings. The Balaban J connectivity index is 0.000000342. The van der Waals surface area contributed by atoms with Gasteiger partial charge in [0.1, 0.15) is 5.78 Å². The van der Waals surface area contributed by atoms with Crippen molar-refractivity contribution in [1.29, 1.82) is 0 Å². The van der Waals surface area contributed by atoms with Gasteiger partial charge in [0.2, 0.25) is 0 Å². The molecule has 112 valence electrons. The highest BCUT2D eigenvalue weighted by Crippen LogP contribution is 2.19. The number of carbonyl (C=O) groups excluding carboxylic acids is 2. The molecule has 2 unspecified atom stereocenters. The summed E-state index contributed by atoms with van der Waals surface area (Å²) in [7, 11) is 0. The maximum atomic E-state index is 10.5. The lowest BCUT2D eigenvalue weighted by Crippen LogP contribution is -2.35. The Hall–Kier alpha value is -0.980. The van der Waals surface area contributed by atoms with Gasteiger partial charge < -0.3 is 20.1 Å². The summed E-state index contributed by atoms with van der Waals surface area (Å²) in [5, 5.41) is 27.0. The highest BCUT2D eigenvalue weighted by Gasteiger charge is 2.29. The second kappa shape index (κ2) is 7.57. The molecular weight excluding hydrogens is 252 g/mol. The first-order valence-electron chi connectivity index (χ1n) is 6.29. The van der Waals surface area contributed by atoms with Gasteiger partial charge in [-0.3, -0.25) is 9.59 Å². The largest absolute Gasteiger partial charge is 0.465 e. The van der Waals surface area contributed by atoms with Gasteiger partial charge in [0.15, 0.2) is 0 Å². The van der Waals surface area contributed by atoms with E-state index in [1.807, 2.05) is 0 Å². The number of Topliss-reactive ketones (excluding diaryl/α,β-unsaturated/α-hetero) is 1. The van der Waals surface area contributed by atoms with E-state index < -0.39 is 11.2 Å². The van der Waals surface area contributed by atoms with Crippen LogP contribution in [-0.4, -0.2) is 51.5 Å². The maximum absolute atomic E-state index is 10.5. The third kappa shape index (κ3) is 9.58. The summed E-state index contributed by atoms with van der Waals surface area (Å²) in [6.07, 6.45) is 1.06. The van der Waals surface area contributed by atoms with E-state index >= 15 is 0 Å². The van der Waals surface area contributed by atoms with Crippen LogP contribution in [0.1, 0.15) is 46.5 Å². The molecule has 1 heterocycles. The molecule has 0 aromatic carbocycles. The van der Waals surface area contributed by atoms with Gasteiger partial charge in [-0.05, 0) is 27.2 Å². The van der Waals surface area contributed by atoms with Crippen molar-refractivity contribution in [2.45, 2.75) is 57.7 Å². The van der Waals surface area contributed by atoms with E-state index in [1.54, 1.807) is 13.8 Å². The fourth-order valence-electron chi connectivity index (χ4n) is 1.70. The lowest BCUT2D eigenvalue weighted by atomic mass is 9.97. The molecule has 0 aliphatic carbocycles. The number of ether oxygens (including phenoxy) is 1. The zero-order valence-electron chi connectivity index (χ0n) is 11.8. The van der Waals surface area contributed by atoms with Crippen LogP contribution in [0.4, 0.5) is 0 Å². The Labute approximate surface area is 113 Å². The second-order valence-electron chi connectivity index (χ2n) is 5.49. The van der Waals surface area contributed by atoms with E-state index in [0.29, 0.717) is 13.0 Å². The SMILES string of the molecule is CC(=O)CC(C)(O)CCO.CC1(O)CCOC(=O)C1. The Kier molecular flexibility index (Phi) is 7.18. The number of esters is 1. The summed E-state index contributed by atoms with van der Waals surface area (Å²) in [4.78, 5) is 21.0. The molecule has 1 saturated heterocycles. The van der Waals surface area contributed by atoms with E-state index in [-0.39, 0.29) is 37.6 Å². The number of aliphatic hydroxyl groups is 3. The topological polar surface area (TPSA) is 104 Å². The Morgan fingerprint density at radius 2 is 2.11 bits per heavy atom. The normalized spacial score (nSPS) is 25.7. The van der Waals surface area contributed by atoms with Crippen molar-refractivity contribution in [3.63, 3.8) is 0 Å². The van der Waals surface area contributed by atoms with Gasteiger partial charge in [-0.1, -0.05) is 0 Å². The molecule has 1 aliphatic rings. The molecule has 1 aliphatic heterocycles. The molecule has 1 rings (SSSR count). The third-order valence-electron chi connectivity index (χ3n) is 2.71. The van der Waals surface area contributed by atoms with Gasteiger partial charge >= 0.3 is 5.97 Å². The first-order valence-corrected chi connectivity index (χ1v) is 6.29. The fourth-order valence-corrected chi connectivity index (χ4v) is 1.70. The van der Waals surface area contributed by atoms with Gasteiger partial charge in [0.25, 0.3) is 0 Å². The van der Waals surface area contributed by atoms with Crippen LogP contribution in [0.2, 0.25) is 0 Å². The van der Waals surface area contributed by atoms with Crippen molar-refractivity contribution in [2.75, 3.05) is 13.2 Å². The van der Waals surface area contributed by atoms with Gasteiger partial charge in [-0.2, -0.15) is 0 Å². The van der Waals surface area contributed by atoms with E-state index in [9.17, 15) is 19.8 Å². The number of cyclic esters (lactones) is 1. The van der Waals surface area contributed by atoms with Gasteiger partial charge in [-0.25, -0.2) is 0 Å². The van der Waals surface area contributed by atoms with E-state index in [4.69, 9.17) is 5.11 Å². The average Bonchev–Trinajstić information content (AvgIpc) is 2.13. The molecule has 0 saturated carbocycles. The van der Waals surface area contributed by atoms with Crippen molar-refractivity contribution >= 4 is 11.8 Å². The minimum atomic E-state index is -1.03. The predicted molar refractivity (Wildman–Crippen MR) is 68.4 cm³/mol. The van der Waals surface area contributed by atoms with Crippen molar-refractivity contribution in [3.05, 3.63) is 0 Å². The van der Waals surface area contributed by atoms with Crippen LogP contribution in [0.15, 0.2) is 0 Å². The molecule has 6 nitrogen and oxygen atoms in total. The minimum absolute atomic E-state index is 0.0570. The summed E-state index contributed by atoms with van der Waals surface area (Å²) in [6, 6.07) is 0. The van der Waals surface area contributed by atoms with Crippen LogP contribution in [0.5, 0.6) is 0 Å². The summed E-state index contributed by atoms with van der Waals surface area (Å²) in [5.74, 6) is -0.357. The summed E-state index contributed by atoms with van der Waals surface area (Å²) in [5.41, 5.74) is -1.85. The number of hydrogen-bond donors (Lipinski definition) is 3. The van der Waals surface area contributed by atoms with Crippen LogP contribution in [0.3, 0.4) is 0 Å². The molecule has 0 aromatic heterocycles. The van der Waals surface area contributed by atoms with Crippen molar-refractivity contribution in [1.82, 2.24) is 0 Å². The van der Waals surface area contributed by atoms with Crippen LogP contribution in [0.25, 0.3) is 0 Å². The van der Waals surface area contributed by atoms with E-state index in [2.05, 4.69) is 4.74 Å². The summed E-state index contributed by atoms with van der Waals surface area (Å²) < 4.78 is 4.61. The lowest BCUT2D eigenvalue weighted by molar-refractivity contribution is -0.157. The Morgan fingerprint density at radius 1 is 1.53 bits per heavy atom. The smallest absolute Gasteiger partial charge is 0.308 e. The molecule has 3 N–H and O–H groups in total. The quantitative estimate of drug-likeness (QED) is 0.632. The maximum Gasteiger partial charge on any atom is 0.308 e. The molecule has 6 heteroatoms. The molecular formula is C13H24O6. The van der Waals surface area contributed by atoms with E-state index in [0.717, 1.165) is 0 Å².